The van der Waals surface area contributed by atoms with E-state index in [4.69, 9.17) is 0 Å². The monoisotopic (exact) mass is 262 g/mol. The Morgan fingerprint density at radius 2 is 2.28 bits per heavy atom. The van der Waals surface area contributed by atoms with E-state index < -0.39 is 5.97 Å². The number of carboxylic acid groups (broad SMARTS) is 1. The van der Waals surface area contributed by atoms with E-state index in [0.29, 0.717) is 12.4 Å². The van der Waals surface area contributed by atoms with Crippen molar-refractivity contribution in [1.82, 2.24) is 4.98 Å². The van der Waals surface area contributed by atoms with Crippen LogP contribution in [0.1, 0.15) is 21.5 Å². The number of nitrogens with zero attached hydrogens (tertiary/aromatic N) is 2. The van der Waals surface area contributed by atoms with E-state index in [9.17, 15) is 9.90 Å². The highest BCUT2D eigenvalue weighted by atomic mass is 32.1. The third-order valence-corrected chi connectivity index (χ3v) is 3.45. The lowest BCUT2D eigenvalue weighted by molar-refractivity contribution is 0.0696. The fraction of sp³-hybridized carbons (Fsp3) is 0.231. The summed E-state index contributed by atoms with van der Waals surface area (Å²) in [6, 6.07) is 3.74. The average molecular weight is 262 g/mol. The highest BCUT2D eigenvalue weighted by Gasteiger charge is 2.17. The van der Waals surface area contributed by atoms with Gasteiger partial charge in [0.05, 0.1) is 0 Å². The van der Waals surface area contributed by atoms with Crippen molar-refractivity contribution in [2.24, 2.45) is 0 Å². The van der Waals surface area contributed by atoms with Crippen LogP contribution in [0.4, 0.5) is 5.82 Å². The first-order valence-corrected chi connectivity index (χ1v) is 6.45. The van der Waals surface area contributed by atoms with Crippen molar-refractivity contribution in [1.29, 1.82) is 0 Å². The third kappa shape index (κ3) is 2.51. The van der Waals surface area contributed by atoms with Gasteiger partial charge in [0.15, 0.2) is 0 Å². The summed E-state index contributed by atoms with van der Waals surface area (Å²) in [4.78, 5) is 17.3. The minimum atomic E-state index is -0.937. The minimum Gasteiger partial charge on any atom is -0.478 e. The maximum Gasteiger partial charge on any atom is 0.339 e. The molecule has 5 heteroatoms. The molecule has 0 fully saturated rings. The van der Waals surface area contributed by atoms with Gasteiger partial charge >= 0.3 is 5.97 Å². The predicted molar refractivity (Wildman–Crippen MR) is 72.4 cm³/mol. The van der Waals surface area contributed by atoms with Gasteiger partial charge in [-0.1, -0.05) is 0 Å². The summed E-state index contributed by atoms with van der Waals surface area (Å²) in [5.41, 5.74) is 2.15. The molecule has 0 unspecified atom stereocenters. The van der Waals surface area contributed by atoms with Crippen LogP contribution in [0.25, 0.3) is 0 Å². The van der Waals surface area contributed by atoms with Crippen LogP contribution in [-0.2, 0) is 6.54 Å². The number of aromatic carboxylic acids is 1. The number of aryl methyl sites for hydroxylation is 1. The van der Waals surface area contributed by atoms with Gasteiger partial charge in [0.25, 0.3) is 0 Å². The first-order valence-electron chi connectivity index (χ1n) is 5.50. The summed E-state index contributed by atoms with van der Waals surface area (Å²) in [5.74, 6) is -0.429. The zero-order valence-electron chi connectivity index (χ0n) is 10.3. The maximum atomic E-state index is 11.3. The molecule has 0 bridgehead atoms. The number of thiophene rings is 1. The van der Waals surface area contributed by atoms with Gasteiger partial charge in [0.2, 0.25) is 0 Å². The van der Waals surface area contributed by atoms with Crippen molar-refractivity contribution in [2.45, 2.75) is 13.5 Å². The van der Waals surface area contributed by atoms with Gasteiger partial charge in [-0.3, -0.25) is 0 Å². The molecule has 2 heterocycles. The van der Waals surface area contributed by atoms with Crippen LogP contribution in [0.3, 0.4) is 0 Å². The Morgan fingerprint density at radius 1 is 1.50 bits per heavy atom. The Labute approximate surface area is 110 Å². The Balaban J connectivity index is 2.32. The highest BCUT2D eigenvalue weighted by Crippen LogP contribution is 2.22. The summed E-state index contributed by atoms with van der Waals surface area (Å²) >= 11 is 1.63. The van der Waals surface area contributed by atoms with Gasteiger partial charge < -0.3 is 10.0 Å². The average Bonchev–Trinajstić information content (AvgIpc) is 2.80. The molecule has 0 radical (unpaired) electrons. The van der Waals surface area contributed by atoms with E-state index in [1.807, 2.05) is 28.8 Å². The zero-order valence-corrected chi connectivity index (χ0v) is 11.1. The Hall–Kier alpha value is -1.88. The van der Waals surface area contributed by atoms with Gasteiger partial charge in [0.1, 0.15) is 11.4 Å². The van der Waals surface area contributed by atoms with E-state index in [1.165, 1.54) is 0 Å². The van der Waals surface area contributed by atoms with Crippen LogP contribution in [-0.4, -0.2) is 23.1 Å². The molecule has 0 aliphatic heterocycles. The molecule has 18 heavy (non-hydrogen) atoms. The van der Waals surface area contributed by atoms with Crippen molar-refractivity contribution in [3.63, 3.8) is 0 Å². The molecule has 2 rings (SSSR count). The molecule has 1 N–H and O–H groups in total. The number of carboxylic acids is 1. The van der Waals surface area contributed by atoms with Crippen molar-refractivity contribution in [3.8, 4) is 0 Å². The molecule has 2 aromatic rings. The molecule has 94 valence electrons. The van der Waals surface area contributed by atoms with Crippen LogP contribution in [0, 0.1) is 6.92 Å². The molecule has 4 nitrogen and oxygen atoms in total. The van der Waals surface area contributed by atoms with Gasteiger partial charge in [-0.25, -0.2) is 9.78 Å². The summed E-state index contributed by atoms with van der Waals surface area (Å²) in [5, 5.41) is 13.3. The standard InChI is InChI=1S/C13H14N2O2S/c1-9-3-5-14-12(11(9)13(16)17)15(2)7-10-4-6-18-8-10/h3-6,8H,7H2,1-2H3,(H,16,17). The van der Waals surface area contributed by atoms with Crippen LogP contribution < -0.4 is 4.90 Å². The lowest BCUT2D eigenvalue weighted by atomic mass is 10.1. The number of pyridine rings is 1. The van der Waals surface area contributed by atoms with Gasteiger partial charge in [-0.2, -0.15) is 11.3 Å². The van der Waals surface area contributed by atoms with E-state index in [1.54, 1.807) is 30.5 Å². The first kappa shape index (κ1) is 12.6. The number of anilines is 1. The molecular weight excluding hydrogens is 248 g/mol. The second-order valence-electron chi connectivity index (χ2n) is 4.12. The molecule has 0 aromatic carbocycles. The first-order chi connectivity index (χ1) is 8.59. The minimum absolute atomic E-state index is 0.273. The van der Waals surface area contributed by atoms with Crippen molar-refractivity contribution < 1.29 is 9.90 Å². The largest absolute Gasteiger partial charge is 0.478 e. The van der Waals surface area contributed by atoms with Crippen molar-refractivity contribution in [2.75, 3.05) is 11.9 Å². The highest BCUT2D eigenvalue weighted by molar-refractivity contribution is 7.07. The SMILES string of the molecule is Cc1ccnc(N(C)Cc2ccsc2)c1C(=O)O. The number of rotatable bonds is 4. The summed E-state index contributed by atoms with van der Waals surface area (Å²) in [6.45, 7) is 2.44. The van der Waals surface area contributed by atoms with Gasteiger partial charge in [-0.05, 0) is 40.9 Å². The Kier molecular flexibility index (Phi) is 3.62. The molecule has 2 aromatic heterocycles. The van der Waals surface area contributed by atoms with Crippen LogP contribution in [0.5, 0.6) is 0 Å². The molecular formula is C13H14N2O2S. The molecule has 0 saturated carbocycles. The molecule has 0 aliphatic carbocycles. The zero-order chi connectivity index (χ0) is 13.1. The molecule has 0 amide bonds. The quantitative estimate of drug-likeness (QED) is 0.920. The van der Waals surface area contributed by atoms with Crippen molar-refractivity contribution in [3.05, 3.63) is 45.8 Å². The van der Waals surface area contributed by atoms with E-state index in [-0.39, 0.29) is 5.56 Å². The fourth-order valence-electron chi connectivity index (χ4n) is 1.83. The second kappa shape index (κ2) is 5.18. The lowest BCUT2D eigenvalue weighted by Gasteiger charge is -2.20. The second-order valence-corrected chi connectivity index (χ2v) is 4.90. The van der Waals surface area contributed by atoms with E-state index in [0.717, 1.165) is 11.1 Å². The van der Waals surface area contributed by atoms with E-state index >= 15 is 0 Å². The Bertz CT molecular complexity index is 552. The van der Waals surface area contributed by atoms with Crippen LogP contribution in [0.15, 0.2) is 29.1 Å². The number of carbonyl (C=O) groups is 1. The Morgan fingerprint density at radius 3 is 2.89 bits per heavy atom. The van der Waals surface area contributed by atoms with Crippen LogP contribution in [0.2, 0.25) is 0 Å². The number of aromatic nitrogens is 1. The third-order valence-electron chi connectivity index (χ3n) is 2.71. The predicted octanol–water partition coefficient (Wildman–Crippen LogP) is 2.79. The van der Waals surface area contributed by atoms with Crippen LogP contribution >= 0.6 is 11.3 Å². The lowest BCUT2D eigenvalue weighted by Crippen LogP contribution is -2.21. The molecule has 0 atom stereocenters. The maximum absolute atomic E-state index is 11.3. The summed E-state index contributed by atoms with van der Waals surface area (Å²) in [6.07, 6.45) is 1.64. The van der Waals surface area contributed by atoms with Gasteiger partial charge in [-0.15, -0.1) is 0 Å². The number of hydrogen-bond donors (Lipinski definition) is 1. The fourth-order valence-corrected chi connectivity index (χ4v) is 2.49. The van der Waals surface area contributed by atoms with E-state index in [2.05, 4.69) is 4.98 Å². The number of hydrogen-bond acceptors (Lipinski definition) is 4. The molecule has 0 aliphatic rings. The molecule has 0 saturated heterocycles. The summed E-state index contributed by atoms with van der Waals surface area (Å²) < 4.78 is 0. The van der Waals surface area contributed by atoms with Crippen molar-refractivity contribution >= 4 is 23.1 Å². The normalized spacial score (nSPS) is 10.3. The smallest absolute Gasteiger partial charge is 0.339 e. The topological polar surface area (TPSA) is 53.4 Å². The van der Waals surface area contributed by atoms with Gasteiger partial charge in [0, 0.05) is 19.8 Å². The molecule has 0 spiro atoms. The summed E-state index contributed by atoms with van der Waals surface area (Å²) in [7, 11) is 1.85.